The maximum atomic E-state index is 11.9. The Bertz CT molecular complexity index is 626. The van der Waals surface area contributed by atoms with Gasteiger partial charge < -0.3 is 14.9 Å². The van der Waals surface area contributed by atoms with Gasteiger partial charge in [0.05, 0.1) is 0 Å². The number of aromatic nitrogens is 1. The predicted octanol–water partition coefficient (Wildman–Crippen LogP) is 2.24. The minimum absolute atomic E-state index is 0.0694. The average Bonchev–Trinajstić information content (AvgIpc) is 2.83. The molecule has 0 radical (unpaired) electrons. The number of carboxylic acids is 1. The van der Waals surface area contributed by atoms with E-state index in [0.29, 0.717) is 5.69 Å². The summed E-state index contributed by atoms with van der Waals surface area (Å²) in [6.07, 6.45) is 0. The van der Waals surface area contributed by atoms with Crippen molar-refractivity contribution in [2.45, 2.75) is 13.8 Å². The second-order valence-electron chi connectivity index (χ2n) is 4.10. The van der Waals surface area contributed by atoms with Crippen LogP contribution in [0.3, 0.4) is 0 Å². The van der Waals surface area contributed by atoms with E-state index in [9.17, 15) is 9.59 Å². The second-order valence-corrected chi connectivity index (χ2v) is 4.10. The van der Waals surface area contributed by atoms with Crippen LogP contribution in [0.25, 0.3) is 0 Å². The molecular weight excluding hydrogens is 248 g/mol. The lowest BCUT2D eigenvalue weighted by atomic mass is 10.1. The van der Waals surface area contributed by atoms with Crippen molar-refractivity contribution in [3.63, 3.8) is 0 Å². The van der Waals surface area contributed by atoms with Gasteiger partial charge in [-0.15, -0.1) is 0 Å². The summed E-state index contributed by atoms with van der Waals surface area (Å²) in [6, 6.07) is 6.71. The van der Waals surface area contributed by atoms with Crippen LogP contribution in [-0.2, 0) is 0 Å². The van der Waals surface area contributed by atoms with E-state index in [4.69, 9.17) is 5.11 Å². The molecule has 0 saturated heterocycles. The number of benzene rings is 1. The Kier molecular flexibility index (Phi) is 3.33. The Hall–Kier alpha value is -2.63. The van der Waals surface area contributed by atoms with Crippen LogP contribution < -0.4 is 5.32 Å². The van der Waals surface area contributed by atoms with E-state index in [0.717, 1.165) is 17.2 Å². The molecule has 0 spiro atoms. The fraction of sp³-hybridized carbons (Fsp3) is 0.154. The molecule has 0 atom stereocenters. The van der Waals surface area contributed by atoms with Gasteiger partial charge in [-0.05, 0) is 25.0 Å². The highest BCUT2D eigenvalue weighted by molar-refractivity contribution is 6.04. The third-order valence-corrected chi connectivity index (χ3v) is 2.67. The summed E-state index contributed by atoms with van der Waals surface area (Å²) >= 11 is 0. The highest BCUT2D eigenvalue weighted by Crippen LogP contribution is 2.20. The number of carboxylic acid groups (broad SMARTS) is 1. The maximum absolute atomic E-state index is 11.9. The van der Waals surface area contributed by atoms with Gasteiger partial charge in [0.15, 0.2) is 5.69 Å². The van der Waals surface area contributed by atoms with Gasteiger partial charge in [-0.25, -0.2) is 4.79 Å². The van der Waals surface area contributed by atoms with Crippen LogP contribution in [0, 0.1) is 13.8 Å². The van der Waals surface area contributed by atoms with Crippen LogP contribution in [0.15, 0.2) is 28.8 Å². The Labute approximate surface area is 109 Å². The van der Waals surface area contributed by atoms with Crippen LogP contribution in [-0.4, -0.2) is 22.1 Å². The number of anilines is 1. The van der Waals surface area contributed by atoms with Crippen molar-refractivity contribution in [2.75, 3.05) is 5.32 Å². The van der Waals surface area contributed by atoms with Crippen molar-refractivity contribution in [3.8, 4) is 0 Å². The van der Waals surface area contributed by atoms with Crippen molar-refractivity contribution in [1.82, 2.24) is 5.16 Å². The number of nitrogens with one attached hydrogen (secondary N) is 1. The number of aryl methyl sites for hydroxylation is 2. The first kappa shape index (κ1) is 12.8. The van der Waals surface area contributed by atoms with Crippen molar-refractivity contribution in [3.05, 3.63) is 46.8 Å². The highest BCUT2D eigenvalue weighted by atomic mass is 16.5. The van der Waals surface area contributed by atoms with Gasteiger partial charge in [-0.2, -0.15) is 0 Å². The van der Waals surface area contributed by atoms with Crippen LogP contribution in [0.4, 0.5) is 5.69 Å². The van der Waals surface area contributed by atoms with Crippen LogP contribution >= 0.6 is 0 Å². The third kappa shape index (κ3) is 2.62. The molecule has 0 bridgehead atoms. The number of rotatable bonds is 3. The predicted molar refractivity (Wildman–Crippen MR) is 67.3 cm³/mol. The van der Waals surface area contributed by atoms with E-state index in [1.165, 1.54) is 0 Å². The summed E-state index contributed by atoms with van der Waals surface area (Å²) in [5, 5.41) is 14.8. The number of amides is 1. The molecule has 0 saturated carbocycles. The van der Waals surface area contributed by atoms with E-state index in [1.807, 2.05) is 32.0 Å². The summed E-state index contributed by atoms with van der Waals surface area (Å²) in [6.45, 7) is 3.74. The SMILES string of the molecule is Cc1cccc(C)c1NC(=O)c1cc(C(=O)O)on1. The van der Waals surface area contributed by atoms with Crippen molar-refractivity contribution >= 4 is 17.6 Å². The first-order valence-corrected chi connectivity index (χ1v) is 5.56. The third-order valence-electron chi connectivity index (χ3n) is 2.67. The molecule has 6 heteroatoms. The van der Waals surface area contributed by atoms with Gasteiger partial charge >= 0.3 is 5.97 Å². The Morgan fingerprint density at radius 1 is 1.26 bits per heavy atom. The summed E-state index contributed by atoms with van der Waals surface area (Å²) < 4.78 is 4.54. The van der Waals surface area contributed by atoms with E-state index >= 15 is 0 Å². The molecule has 2 N–H and O–H groups in total. The molecule has 1 aromatic carbocycles. The molecule has 0 aliphatic rings. The van der Waals surface area contributed by atoms with Gasteiger partial charge in [0.2, 0.25) is 5.76 Å². The number of carbonyl (C=O) groups excluding carboxylic acids is 1. The molecule has 1 aromatic heterocycles. The molecule has 0 unspecified atom stereocenters. The lowest BCUT2D eigenvalue weighted by Gasteiger charge is -2.09. The number of hydrogen-bond donors (Lipinski definition) is 2. The number of hydrogen-bond acceptors (Lipinski definition) is 4. The number of carbonyl (C=O) groups is 2. The van der Waals surface area contributed by atoms with Gasteiger partial charge in [0.25, 0.3) is 5.91 Å². The second kappa shape index (κ2) is 4.93. The smallest absolute Gasteiger partial charge is 0.374 e. The van der Waals surface area contributed by atoms with Crippen molar-refractivity contribution in [2.24, 2.45) is 0 Å². The topological polar surface area (TPSA) is 92.4 Å². The fourth-order valence-electron chi connectivity index (χ4n) is 1.67. The number of nitrogens with zero attached hydrogens (tertiary/aromatic N) is 1. The molecule has 1 heterocycles. The molecule has 98 valence electrons. The Morgan fingerprint density at radius 3 is 2.42 bits per heavy atom. The largest absolute Gasteiger partial charge is 0.475 e. The molecule has 2 aromatic rings. The molecule has 6 nitrogen and oxygen atoms in total. The van der Waals surface area contributed by atoms with E-state index in [-0.39, 0.29) is 11.5 Å². The average molecular weight is 260 g/mol. The lowest BCUT2D eigenvalue weighted by molar-refractivity contribution is 0.0651. The first-order valence-electron chi connectivity index (χ1n) is 5.56. The van der Waals surface area contributed by atoms with E-state index in [2.05, 4.69) is 15.0 Å². The Morgan fingerprint density at radius 2 is 1.89 bits per heavy atom. The molecule has 0 aliphatic heterocycles. The molecule has 0 fully saturated rings. The fourth-order valence-corrected chi connectivity index (χ4v) is 1.67. The standard InChI is InChI=1S/C13H12N2O4/c1-7-4-3-5-8(2)11(7)14-12(16)9-6-10(13(17)18)19-15-9/h3-6H,1-2H3,(H,14,16)(H,17,18). The molecule has 19 heavy (non-hydrogen) atoms. The molecule has 2 rings (SSSR count). The zero-order valence-electron chi connectivity index (χ0n) is 10.4. The van der Waals surface area contributed by atoms with Gasteiger partial charge in [-0.3, -0.25) is 4.79 Å². The Balaban J connectivity index is 2.23. The van der Waals surface area contributed by atoms with E-state index < -0.39 is 11.9 Å². The minimum atomic E-state index is -1.27. The quantitative estimate of drug-likeness (QED) is 0.882. The van der Waals surface area contributed by atoms with Crippen molar-refractivity contribution < 1.29 is 19.2 Å². The van der Waals surface area contributed by atoms with Crippen LogP contribution in [0.2, 0.25) is 0 Å². The first-order chi connectivity index (χ1) is 8.99. The lowest BCUT2D eigenvalue weighted by Crippen LogP contribution is -2.14. The molecule has 0 aliphatic carbocycles. The number of para-hydroxylation sites is 1. The summed E-state index contributed by atoms with van der Waals surface area (Å²) in [4.78, 5) is 22.6. The highest BCUT2D eigenvalue weighted by Gasteiger charge is 2.17. The van der Waals surface area contributed by atoms with Crippen LogP contribution in [0.1, 0.15) is 32.2 Å². The van der Waals surface area contributed by atoms with Gasteiger partial charge in [-0.1, -0.05) is 23.4 Å². The van der Waals surface area contributed by atoms with E-state index in [1.54, 1.807) is 0 Å². The summed E-state index contributed by atoms with van der Waals surface area (Å²) in [5.41, 5.74) is 2.44. The summed E-state index contributed by atoms with van der Waals surface area (Å²) in [7, 11) is 0. The van der Waals surface area contributed by atoms with Crippen molar-refractivity contribution in [1.29, 1.82) is 0 Å². The maximum Gasteiger partial charge on any atom is 0.374 e. The zero-order chi connectivity index (χ0) is 14.0. The summed E-state index contributed by atoms with van der Waals surface area (Å²) in [5.74, 6) is -2.14. The monoisotopic (exact) mass is 260 g/mol. The normalized spacial score (nSPS) is 10.2. The molecular formula is C13H12N2O4. The van der Waals surface area contributed by atoms with Gasteiger partial charge in [0.1, 0.15) is 0 Å². The zero-order valence-corrected chi connectivity index (χ0v) is 10.4. The minimum Gasteiger partial charge on any atom is -0.475 e. The van der Waals surface area contributed by atoms with Crippen LogP contribution in [0.5, 0.6) is 0 Å². The molecule has 1 amide bonds. The van der Waals surface area contributed by atoms with Gasteiger partial charge in [0, 0.05) is 11.8 Å². The number of aromatic carboxylic acids is 1.